The Morgan fingerprint density at radius 3 is 1.68 bits per heavy atom. The van der Waals surface area contributed by atoms with Crippen LogP contribution in [0.2, 0.25) is 32.2 Å². The van der Waals surface area contributed by atoms with Crippen molar-refractivity contribution in [2.45, 2.75) is 38.7 Å². The van der Waals surface area contributed by atoms with Crippen molar-refractivity contribution in [1.82, 2.24) is 0 Å². The summed E-state index contributed by atoms with van der Waals surface area (Å²) < 4.78 is 0. The molecule has 4 aromatic rings. The molecule has 0 saturated heterocycles. The van der Waals surface area contributed by atoms with Crippen LogP contribution >= 0.6 is 0 Å². The molecule has 2 heteroatoms. The van der Waals surface area contributed by atoms with Gasteiger partial charge in [0.2, 0.25) is 0 Å². The normalized spacial score (nSPS) is 12.6. The molecule has 0 amide bonds. The van der Waals surface area contributed by atoms with E-state index in [4.69, 9.17) is 0 Å². The second-order valence-corrected chi connectivity index (χ2v) is 25.1. The van der Waals surface area contributed by atoms with Gasteiger partial charge in [0.05, 0.1) is 7.59 Å². The number of hydrogen-bond donors (Lipinski definition) is 0. The molecule has 28 heavy (non-hydrogen) atoms. The number of hydrogen-bond acceptors (Lipinski definition) is 0. The Bertz CT molecular complexity index is 1060. The molecule has 0 atom stereocenters. The van der Waals surface area contributed by atoms with Gasteiger partial charge in [-0.25, -0.2) is 0 Å². The minimum Gasteiger partial charge on any atom is -0.0710 e. The summed E-state index contributed by atoms with van der Waals surface area (Å²) in [6, 6.07) is 32.8. The van der Waals surface area contributed by atoms with Crippen LogP contribution in [-0.2, 0) is 6.42 Å². The van der Waals surface area contributed by atoms with E-state index in [-0.39, 0.29) is 0 Å². The molecule has 0 aliphatic carbocycles. The SMILES string of the molecule is C[Si](C)(CCc1c2ccccc2cc2ccccc12)[Si](C)(C)c1ccccc1. The van der Waals surface area contributed by atoms with Gasteiger partial charge in [-0.3, -0.25) is 0 Å². The molecule has 4 rings (SSSR count). The third-order valence-corrected chi connectivity index (χ3v) is 25.5. The average molecular weight is 399 g/mol. The second kappa shape index (κ2) is 7.34. The molecule has 4 aromatic carbocycles. The third-order valence-electron chi connectivity index (χ3n) is 7.07. The molecule has 142 valence electrons. The molecule has 0 unspecified atom stereocenters. The predicted octanol–water partition coefficient (Wildman–Crippen LogP) is 6.94. The molecule has 0 radical (unpaired) electrons. The highest BCUT2D eigenvalue weighted by atomic mass is 29.3. The molecular formula is C26H30Si2. The van der Waals surface area contributed by atoms with Crippen molar-refractivity contribution in [3.8, 4) is 0 Å². The molecule has 0 heterocycles. The Morgan fingerprint density at radius 2 is 1.11 bits per heavy atom. The Labute approximate surface area is 171 Å². The summed E-state index contributed by atoms with van der Waals surface area (Å²) in [5.74, 6) is 0. The highest BCUT2D eigenvalue weighted by Gasteiger charge is 2.41. The van der Waals surface area contributed by atoms with E-state index in [1.54, 1.807) is 10.8 Å². The smallest absolute Gasteiger partial charge is 0.0710 e. The molecule has 0 aromatic heterocycles. The molecule has 0 spiro atoms. The number of rotatable bonds is 5. The van der Waals surface area contributed by atoms with Gasteiger partial charge in [0.15, 0.2) is 0 Å². The lowest BCUT2D eigenvalue weighted by Gasteiger charge is -2.39. The highest BCUT2D eigenvalue weighted by Crippen LogP contribution is 2.32. The van der Waals surface area contributed by atoms with Gasteiger partial charge in [-0.15, -0.1) is 0 Å². The van der Waals surface area contributed by atoms with Gasteiger partial charge in [0.1, 0.15) is 0 Å². The number of fused-ring (bicyclic) bond motifs is 2. The first-order valence-electron chi connectivity index (χ1n) is 10.3. The molecule has 0 nitrogen and oxygen atoms in total. The van der Waals surface area contributed by atoms with E-state index < -0.39 is 15.2 Å². The van der Waals surface area contributed by atoms with Gasteiger partial charge in [-0.2, -0.15) is 0 Å². The first kappa shape index (κ1) is 19.2. The lowest BCUT2D eigenvalue weighted by molar-refractivity contribution is 1.13. The van der Waals surface area contributed by atoms with Gasteiger partial charge < -0.3 is 0 Å². The summed E-state index contributed by atoms with van der Waals surface area (Å²) in [7, 11) is -2.85. The van der Waals surface area contributed by atoms with E-state index in [1.807, 2.05) is 0 Å². The quantitative estimate of drug-likeness (QED) is 0.252. The zero-order valence-corrected chi connectivity index (χ0v) is 19.5. The van der Waals surface area contributed by atoms with E-state index in [9.17, 15) is 0 Å². The maximum absolute atomic E-state index is 2.62. The van der Waals surface area contributed by atoms with Gasteiger partial charge >= 0.3 is 0 Å². The van der Waals surface area contributed by atoms with Crippen molar-refractivity contribution < 1.29 is 0 Å². The van der Waals surface area contributed by atoms with E-state index in [0.29, 0.717) is 0 Å². The minimum absolute atomic E-state index is 1.18. The number of aryl methyl sites for hydroxylation is 1. The van der Waals surface area contributed by atoms with Crippen LogP contribution in [0.4, 0.5) is 0 Å². The summed E-state index contributed by atoms with van der Waals surface area (Å²) in [5, 5.41) is 7.23. The lowest BCUT2D eigenvalue weighted by atomic mass is 9.95. The van der Waals surface area contributed by atoms with Crippen LogP contribution < -0.4 is 5.19 Å². The van der Waals surface area contributed by atoms with Crippen LogP contribution in [0.1, 0.15) is 5.56 Å². The van der Waals surface area contributed by atoms with Crippen molar-refractivity contribution in [2.75, 3.05) is 0 Å². The molecule has 0 bridgehead atoms. The molecule has 0 fully saturated rings. The summed E-state index contributed by atoms with van der Waals surface area (Å²) in [6.07, 6.45) is 1.18. The third kappa shape index (κ3) is 3.36. The largest absolute Gasteiger partial charge is 0.0739 e. The Kier molecular flexibility index (Phi) is 5.02. The van der Waals surface area contributed by atoms with Gasteiger partial charge in [-0.1, -0.05) is 116 Å². The fourth-order valence-corrected chi connectivity index (χ4v) is 12.8. The van der Waals surface area contributed by atoms with Crippen molar-refractivity contribution in [3.63, 3.8) is 0 Å². The van der Waals surface area contributed by atoms with E-state index >= 15 is 0 Å². The van der Waals surface area contributed by atoms with Crippen molar-refractivity contribution in [3.05, 3.63) is 90.5 Å². The molecule has 0 aliphatic heterocycles. The highest BCUT2D eigenvalue weighted by molar-refractivity contribution is 7.45. The van der Waals surface area contributed by atoms with E-state index in [1.165, 1.54) is 34.0 Å². The first-order chi connectivity index (χ1) is 13.4. The fourth-order valence-electron chi connectivity index (χ4n) is 4.37. The van der Waals surface area contributed by atoms with E-state index in [0.717, 1.165) is 0 Å². The van der Waals surface area contributed by atoms with Crippen LogP contribution in [0.3, 0.4) is 0 Å². The zero-order valence-electron chi connectivity index (χ0n) is 17.5. The van der Waals surface area contributed by atoms with Crippen molar-refractivity contribution >= 4 is 41.9 Å². The monoisotopic (exact) mass is 398 g/mol. The molecule has 0 N–H and O–H groups in total. The molecular weight excluding hydrogens is 368 g/mol. The van der Waals surface area contributed by atoms with Crippen LogP contribution in [0.5, 0.6) is 0 Å². The Hall–Kier alpha value is -2.17. The van der Waals surface area contributed by atoms with Gasteiger partial charge in [-0.05, 0) is 39.6 Å². The van der Waals surface area contributed by atoms with Crippen molar-refractivity contribution in [2.24, 2.45) is 0 Å². The fraction of sp³-hybridized carbons (Fsp3) is 0.231. The summed E-state index contributed by atoms with van der Waals surface area (Å²) in [6.45, 7) is 10.4. The molecule has 0 aliphatic rings. The van der Waals surface area contributed by atoms with Gasteiger partial charge in [0.25, 0.3) is 0 Å². The van der Waals surface area contributed by atoms with Gasteiger partial charge in [0, 0.05) is 7.59 Å². The zero-order chi connectivity index (χ0) is 19.8. The Balaban J connectivity index is 1.73. The maximum atomic E-state index is 2.62. The topological polar surface area (TPSA) is 0 Å². The Morgan fingerprint density at radius 1 is 0.607 bits per heavy atom. The standard InChI is InChI=1S/C26H30Si2/c1-27(2,28(3,4)23-14-6-5-7-15-23)19-18-26-24-16-10-8-12-21(24)20-22-13-9-11-17-25(22)26/h5-17,20H,18-19H2,1-4H3. The second-order valence-electron chi connectivity index (χ2n) is 9.17. The predicted molar refractivity (Wildman–Crippen MR) is 131 cm³/mol. The van der Waals surface area contributed by atoms with Crippen LogP contribution in [0, 0.1) is 0 Å². The summed E-state index contributed by atoms with van der Waals surface area (Å²) in [5.41, 5.74) is 1.55. The van der Waals surface area contributed by atoms with Crippen LogP contribution in [0.15, 0.2) is 84.9 Å². The summed E-state index contributed by atoms with van der Waals surface area (Å²) >= 11 is 0. The van der Waals surface area contributed by atoms with Crippen LogP contribution in [0.25, 0.3) is 21.5 Å². The average Bonchev–Trinajstić information content (AvgIpc) is 2.71. The number of benzene rings is 4. The lowest BCUT2D eigenvalue weighted by Crippen LogP contribution is -2.62. The molecule has 0 saturated carbocycles. The van der Waals surface area contributed by atoms with Crippen LogP contribution in [-0.4, -0.2) is 15.2 Å². The van der Waals surface area contributed by atoms with E-state index in [2.05, 4.69) is 111 Å². The minimum atomic E-state index is -1.46. The maximum Gasteiger partial charge on any atom is 0.0739 e. The first-order valence-corrected chi connectivity index (χ1v) is 17.6. The summed E-state index contributed by atoms with van der Waals surface area (Å²) in [4.78, 5) is 0. The van der Waals surface area contributed by atoms with Crippen molar-refractivity contribution in [1.29, 1.82) is 0 Å².